The van der Waals surface area contributed by atoms with Crippen LogP contribution in [0.1, 0.15) is 25.5 Å². The molecule has 1 aromatic rings. The van der Waals surface area contributed by atoms with Crippen molar-refractivity contribution in [1.82, 2.24) is 15.1 Å². The van der Waals surface area contributed by atoms with Crippen LogP contribution in [-0.4, -0.2) is 36.1 Å². The van der Waals surface area contributed by atoms with Crippen molar-refractivity contribution < 1.29 is 9.47 Å². The summed E-state index contributed by atoms with van der Waals surface area (Å²) in [5.74, 6) is 1.43. The summed E-state index contributed by atoms with van der Waals surface area (Å²) in [6.07, 6.45) is 2.29. The molecule has 18 heavy (non-hydrogen) atoms. The van der Waals surface area contributed by atoms with E-state index in [-0.39, 0.29) is 0 Å². The van der Waals surface area contributed by atoms with Crippen LogP contribution in [0.3, 0.4) is 0 Å². The maximum atomic E-state index is 5.45. The fourth-order valence-electron chi connectivity index (χ4n) is 2.53. The lowest BCUT2D eigenvalue weighted by Crippen LogP contribution is -2.35. The van der Waals surface area contributed by atoms with E-state index in [4.69, 9.17) is 9.47 Å². The molecule has 1 saturated heterocycles. The molecule has 0 radical (unpaired) electrons. The fraction of sp³-hybridized carbons (Fsp3) is 0.769. The number of aromatic nitrogens is 2. The van der Waals surface area contributed by atoms with Gasteiger partial charge in [-0.05, 0) is 18.8 Å². The van der Waals surface area contributed by atoms with Crippen LogP contribution in [-0.2, 0) is 18.3 Å². The summed E-state index contributed by atoms with van der Waals surface area (Å²) in [6.45, 7) is 4.79. The number of hydrogen-bond acceptors (Lipinski definition) is 4. The van der Waals surface area contributed by atoms with Crippen molar-refractivity contribution >= 4 is 0 Å². The lowest BCUT2D eigenvalue weighted by Gasteiger charge is -2.21. The molecule has 1 N–H and O–H groups in total. The van der Waals surface area contributed by atoms with E-state index >= 15 is 0 Å². The van der Waals surface area contributed by atoms with Crippen LogP contribution >= 0.6 is 0 Å². The molecular weight excluding hydrogens is 230 g/mol. The second kappa shape index (κ2) is 6.20. The molecule has 5 heteroatoms. The number of hydrogen-bond donors (Lipinski definition) is 1. The molecule has 0 bridgehead atoms. The van der Waals surface area contributed by atoms with E-state index in [0.717, 1.165) is 44.2 Å². The van der Waals surface area contributed by atoms with Gasteiger partial charge in [-0.3, -0.25) is 0 Å². The third-order valence-electron chi connectivity index (χ3n) is 3.62. The summed E-state index contributed by atoms with van der Waals surface area (Å²) in [7, 11) is 3.56. The highest BCUT2D eigenvalue weighted by Gasteiger charge is 2.24. The zero-order valence-electron chi connectivity index (χ0n) is 11.5. The van der Waals surface area contributed by atoms with E-state index < -0.39 is 0 Å². The first-order valence-corrected chi connectivity index (χ1v) is 6.62. The summed E-state index contributed by atoms with van der Waals surface area (Å²) in [6, 6.07) is 2.49. The molecule has 102 valence electrons. The van der Waals surface area contributed by atoms with Crippen LogP contribution in [0.15, 0.2) is 6.07 Å². The van der Waals surface area contributed by atoms with E-state index in [9.17, 15) is 0 Å². The summed E-state index contributed by atoms with van der Waals surface area (Å²) >= 11 is 0. The molecule has 2 heterocycles. The second-order valence-corrected chi connectivity index (χ2v) is 4.82. The van der Waals surface area contributed by atoms with Gasteiger partial charge in [-0.15, -0.1) is 0 Å². The Hall–Kier alpha value is -1.07. The Labute approximate surface area is 108 Å². The van der Waals surface area contributed by atoms with Crippen LogP contribution in [0.5, 0.6) is 5.88 Å². The molecule has 0 aromatic carbocycles. The Bertz CT molecular complexity index is 372. The number of ether oxygens (including phenoxy) is 2. The molecular formula is C13H23N3O2. The SMILES string of the molecule is CCC(NCc1cc(OC)n(C)n1)C1CCOC1. The highest BCUT2D eigenvalue weighted by atomic mass is 16.5. The Morgan fingerprint density at radius 2 is 2.50 bits per heavy atom. The van der Waals surface area contributed by atoms with E-state index in [2.05, 4.69) is 17.3 Å². The average molecular weight is 253 g/mol. The molecule has 5 nitrogen and oxygen atoms in total. The number of methoxy groups -OCH3 is 1. The van der Waals surface area contributed by atoms with Crippen LogP contribution in [0, 0.1) is 5.92 Å². The van der Waals surface area contributed by atoms with Gasteiger partial charge in [0.1, 0.15) is 0 Å². The first kappa shape index (κ1) is 13.4. The Balaban J connectivity index is 1.88. The predicted octanol–water partition coefficient (Wildman–Crippen LogP) is 1.33. The third kappa shape index (κ3) is 3.03. The third-order valence-corrected chi connectivity index (χ3v) is 3.62. The summed E-state index contributed by atoms with van der Waals surface area (Å²) in [5, 5.41) is 7.99. The maximum absolute atomic E-state index is 5.45. The molecule has 0 aliphatic carbocycles. The van der Waals surface area contributed by atoms with Gasteiger partial charge in [0.05, 0.1) is 19.4 Å². The van der Waals surface area contributed by atoms with E-state index in [1.807, 2.05) is 13.1 Å². The molecule has 2 unspecified atom stereocenters. The van der Waals surface area contributed by atoms with Crippen molar-refractivity contribution in [3.63, 3.8) is 0 Å². The highest BCUT2D eigenvalue weighted by molar-refractivity contribution is 5.15. The minimum Gasteiger partial charge on any atom is -0.481 e. The van der Waals surface area contributed by atoms with Crippen molar-refractivity contribution in [2.45, 2.75) is 32.4 Å². The Morgan fingerprint density at radius 1 is 1.67 bits per heavy atom. The van der Waals surface area contributed by atoms with Gasteiger partial charge < -0.3 is 14.8 Å². The molecule has 0 amide bonds. The average Bonchev–Trinajstić information content (AvgIpc) is 3.00. The minimum absolute atomic E-state index is 0.514. The topological polar surface area (TPSA) is 48.3 Å². The largest absolute Gasteiger partial charge is 0.481 e. The first-order valence-electron chi connectivity index (χ1n) is 6.62. The van der Waals surface area contributed by atoms with Gasteiger partial charge in [-0.1, -0.05) is 6.92 Å². The zero-order valence-corrected chi connectivity index (χ0v) is 11.5. The monoisotopic (exact) mass is 253 g/mol. The predicted molar refractivity (Wildman–Crippen MR) is 69.6 cm³/mol. The molecule has 1 aromatic heterocycles. The normalized spacial score (nSPS) is 21.2. The number of nitrogens with zero attached hydrogens (tertiary/aromatic N) is 2. The Morgan fingerprint density at radius 3 is 3.06 bits per heavy atom. The van der Waals surface area contributed by atoms with Crippen molar-refractivity contribution in [3.05, 3.63) is 11.8 Å². The van der Waals surface area contributed by atoms with Gasteiger partial charge >= 0.3 is 0 Å². The highest BCUT2D eigenvalue weighted by Crippen LogP contribution is 2.19. The van der Waals surface area contributed by atoms with Crippen LogP contribution in [0.4, 0.5) is 0 Å². The van der Waals surface area contributed by atoms with Gasteiger partial charge in [0.2, 0.25) is 5.88 Å². The summed E-state index contributed by atoms with van der Waals surface area (Å²) in [4.78, 5) is 0. The Kier molecular flexibility index (Phi) is 4.60. The first-order chi connectivity index (χ1) is 8.74. The van der Waals surface area contributed by atoms with Gasteiger partial charge in [0.25, 0.3) is 0 Å². The summed E-state index contributed by atoms with van der Waals surface area (Å²) < 4.78 is 12.4. The van der Waals surface area contributed by atoms with E-state index in [1.165, 1.54) is 0 Å². The number of aryl methyl sites for hydroxylation is 1. The number of rotatable bonds is 6. The quantitative estimate of drug-likeness (QED) is 0.831. The lowest BCUT2D eigenvalue weighted by atomic mass is 9.97. The molecule has 1 aliphatic heterocycles. The minimum atomic E-state index is 0.514. The van der Waals surface area contributed by atoms with E-state index in [1.54, 1.807) is 11.8 Å². The summed E-state index contributed by atoms with van der Waals surface area (Å²) in [5.41, 5.74) is 1.02. The molecule has 1 aliphatic rings. The molecule has 0 saturated carbocycles. The lowest BCUT2D eigenvalue weighted by molar-refractivity contribution is 0.175. The van der Waals surface area contributed by atoms with Gasteiger partial charge in [-0.2, -0.15) is 5.10 Å². The van der Waals surface area contributed by atoms with Gasteiger partial charge in [0, 0.05) is 32.3 Å². The van der Waals surface area contributed by atoms with Crippen molar-refractivity contribution in [1.29, 1.82) is 0 Å². The van der Waals surface area contributed by atoms with Crippen LogP contribution < -0.4 is 10.1 Å². The van der Waals surface area contributed by atoms with Crippen LogP contribution in [0.25, 0.3) is 0 Å². The zero-order chi connectivity index (χ0) is 13.0. The molecule has 1 fully saturated rings. The molecule has 2 rings (SSSR count). The fourth-order valence-corrected chi connectivity index (χ4v) is 2.53. The van der Waals surface area contributed by atoms with Gasteiger partial charge in [0.15, 0.2) is 0 Å². The molecule has 2 atom stereocenters. The molecule has 0 spiro atoms. The van der Waals surface area contributed by atoms with Crippen molar-refractivity contribution in [3.8, 4) is 5.88 Å². The van der Waals surface area contributed by atoms with Crippen LogP contribution in [0.2, 0.25) is 0 Å². The standard InChI is InChI=1S/C13H23N3O2/c1-4-12(10-5-6-18-9-10)14-8-11-7-13(17-3)16(2)15-11/h7,10,12,14H,4-6,8-9H2,1-3H3. The number of nitrogens with one attached hydrogen (secondary N) is 1. The second-order valence-electron chi connectivity index (χ2n) is 4.82. The van der Waals surface area contributed by atoms with Gasteiger partial charge in [-0.25, -0.2) is 4.68 Å². The van der Waals surface area contributed by atoms with E-state index in [0.29, 0.717) is 12.0 Å². The van der Waals surface area contributed by atoms with Crippen molar-refractivity contribution in [2.75, 3.05) is 20.3 Å². The van der Waals surface area contributed by atoms with Crippen molar-refractivity contribution in [2.24, 2.45) is 13.0 Å². The smallest absolute Gasteiger partial charge is 0.211 e. The maximum Gasteiger partial charge on any atom is 0.211 e.